The molecule has 0 amide bonds. The van der Waals surface area contributed by atoms with Crippen LogP contribution in [0.2, 0.25) is 0 Å². The molecule has 2 N–H and O–H groups in total. The van der Waals surface area contributed by atoms with Crippen LogP contribution < -0.4 is 5.73 Å². The summed E-state index contributed by atoms with van der Waals surface area (Å²) >= 11 is 0. The van der Waals surface area contributed by atoms with E-state index in [0.717, 1.165) is 12.5 Å². The lowest BCUT2D eigenvalue weighted by molar-refractivity contribution is 0.322. The summed E-state index contributed by atoms with van der Waals surface area (Å²) in [6.45, 7) is 3.69. The lowest BCUT2D eigenvalue weighted by Crippen LogP contribution is -2.27. The second-order valence-electron chi connectivity index (χ2n) is 4.08. The number of likely N-dealkylation sites (tertiary alicyclic amines) is 1. The third-order valence-corrected chi connectivity index (χ3v) is 2.86. The molecule has 1 aliphatic heterocycles. The number of hydrogen-bond acceptors (Lipinski definition) is 2. The minimum absolute atomic E-state index is 0.467. The Kier molecular flexibility index (Phi) is 2.14. The van der Waals surface area contributed by atoms with Crippen LogP contribution in [0.5, 0.6) is 0 Å². The maximum atomic E-state index is 5.81. The molecule has 0 unspecified atom stereocenters. The fourth-order valence-electron chi connectivity index (χ4n) is 1.84. The summed E-state index contributed by atoms with van der Waals surface area (Å²) < 4.78 is 0. The molecule has 0 spiro atoms. The van der Waals surface area contributed by atoms with Gasteiger partial charge in [0.1, 0.15) is 0 Å². The van der Waals surface area contributed by atoms with Gasteiger partial charge in [0.25, 0.3) is 0 Å². The SMILES string of the molecule is N[C@@H]1CCN(CCC2CC2)C1. The molecule has 1 heterocycles. The monoisotopic (exact) mass is 154 g/mol. The van der Waals surface area contributed by atoms with E-state index in [-0.39, 0.29) is 0 Å². The van der Waals surface area contributed by atoms with E-state index in [9.17, 15) is 0 Å². The number of nitrogens with two attached hydrogens (primary N) is 1. The molecule has 1 atom stereocenters. The van der Waals surface area contributed by atoms with E-state index in [2.05, 4.69) is 4.90 Å². The van der Waals surface area contributed by atoms with Gasteiger partial charge in [-0.1, -0.05) is 12.8 Å². The minimum atomic E-state index is 0.467. The summed E-state index contributed by atoms with van der Waals surface area (Å²) in [4.78, 5) is 2.52. The third-order valence-electron chi connectivity index (χ3n) is 2.86. The molecule has 2 heteroatoms. The van der Waals surface area contributed by atoms with E-state index < -0.39 is 0 Å². The predicted octanol–water partition coefficient (Wildman–Crippen LogP) is 0.819. The Morgan fingerprint density at radius 1 is 1.27 bits per heavy atom. The van der Waals surface area contributed by atoms with Gasteiger partial charge in [0.2, 0.25) is 0 Å². The lowest BCUT2D eigenvalue weighted by Gasteiger charge is -2.13. The minimum Gasteiger partial charge on any atom is -0.326 e. The summed E-state index contributed by atoms with van der Waals surface area (Å²) in [5, 5.41) is 0. The fraction of sp³-hybridized carbons (Fsp3) is 1.00. The Balaban J connectivity index is 1.62. The Bertz CT molecular complexity index is 132. The van der Waals surface area contributed by atoms with Gasteiger partial charge in [0, 0.05) is 12.6 Å². The van der Waals surface area contributed by atoms with Gasteiger partial charge in [-0.05, 0) is 31.8 Å². The van der Waals surface area contributed by atoms with E-state index in [0.29, 0.717) is 6.04 Å². The van der Waals surface area contributed by atoms with E-state index in [4.69, 9.17) is 5.73 Å². The smallest absolute Gasteiger partial charge is 0.0180 e. The van der Waals surface area contributed by atoms with Crippen LogP contribution in [-0.4, -0.2) is 30.6 Å². The molecule has 0 aromatic rings. The van der Waals surface area contributed by atoms with Gasteiger partial charge >= 0.3 is 0 Å². The zero-order chi connectivity index (χ0) is 7.68. The van der Waals surface area contributed by atoms with Crippen LogP contribution in [0.4, 0.5) is 0 Å². The van der Waals surface area contributed by atoms with E-state index in [1.54, 1.807) is 0 Å². The van der Waals surface area contributed by atoms with E-state index >= 15 is 0 Å². The summed E-state index contributed by atoms with van der Waals surface area (Å²) in [5.41, 5.74) is 5.81. The molecule has 0 bridgehead atoms. The first-order valence-corrected chi connectivity index (χ1v) is 4.82. The second-order valence-corrected chi connectivity index (χ2v) is 4.08. The quantitative estimate of drug-likeness (QED) is 0.652. The van der Waals surface area contributed by atoms with Crippen LogP contribution >= 0.6 is 0 Å². The maximum Gasteiger partial charge on any atom is 0.0180 e. The van der Waals surface area contributed by atoms with Gasteiger partial charge in [-0.25, -0.2) is 0 Å². The normalized spacial score (nSPS) is 33.0. The van der Waals surface area contributed by atoms with Crippen molar-refractivity contribution in [2.45, 2.75) is 31.7 Å². The average Bonchev–Trinajstić information content (AvgIpc) is 2.72. The molecule has 0 aromatic carbocycles. The van der Waals surface area contributed by atoms with E-state index in [1.165, 1.54) is 38.8 Å². The standard InChI is InChI=1S/C9H18N2/c10-9-4-6-11(7-9)5-3-8-1-2-8/h8-9H,1-7,10H2/t9-/m1/s1. The zero-order valence-corrected chi connectivity index (χ0v) is 7.13. The number of nitrogens with zero attached hydrogens (tertiary/aromatic N) is 1. The Morgan fingerprint density at radius 2 is 2.09 bits per heavy atom. The number of rotatable bonds is 3. The van der Waals surface area contributed by atoms with Gasteiger partial charge in [0.15, 0.2) is 0 Å². The topological polar surface area (TPSA) is 29.3 Å². The van der Waals surface area contributed by atoms with Gasteiger partial charge in [0.05, 0.1) is 0 Å². The maximum absolute atomic E-state index is 5.81. The van der Waals surface area contributed by atoms with Crippen molar-refractivity contribution >= 4 is 0 Å². The van der Waals surface area contributed by atoms with Crippen molar-refractivity contribution in [1.29, 1.82) is 0 Å². The first-order chi connectivity index (χ1) is 5.34. The average molecular weight is 154 g/mol. The summed E-state index contributed by atoms with van der Waals surface area (Å²) in [5.74, 6) is 1.08. The van der Waals surface area contributed by atoms with Crippen LogP contribution in [0.1, 0.15) is 25.7 Å². The first kappa shape index (κ1) is 7.56. The van der Waals surface area contributed by atoms with Crippen molar-refractivity contribution in [3.63, 3.8) is 0 Å². The van der Waals surface area contributed by atoms with Crippen LogP contribution in [0, 0.1) is 5.92 Å². The molecule has 64 valence electrons. The fourth-order valence-corrected chi connectivity index (χ4v) is 1.84. The van der Waals surface area contributed by atoms with Crippen molar-refractivity contribution in [2.24, 2.45) is 11.7 Å². The van der Waals surface area contributed by atoms with Crippen LogP contribution in [-0.2, 0) is 0 Å². The first-order valence-electron chi connectivity index (χ1n) is 4.82. The van der Waals surface area contributed by atoms with Crippen LogP contribution in [0.25, 0.3) is 0 Å². The molecule has 1 aliphatic carbocycles. The molecule has 0 radical (unpaired) electrons. The highest BCUT2D eigenvalue weighted by Crippen LogP contribution is 2.32. The molecular weight excluding hydrogens is 136 g/mol. The largest absolute Gasteiger partial charge is 0.326 e. The molecule has 1 saturated heterocycles. The van der Waals surface area contributed by atoms with Gasteiger partial charge in [-0.15, -0.1) is 0 Å². The highest BCUT2D eigenvalue weighted by Gasteiger charge is 2.24. The van der Waals surface area contributed by atoms with Gasteiger partial charge in [-0.2, -0.15) is 0 Å². The van der Waals surface area contributed by atoms with Crippen molar-refractivity contribution < 1.29 is 0 Å². The van der Waals surface area contributed by atoms with Crippen molar-refractivity contribution in [2.75, 3.05) is 19.6 Å². The third kappa shape index (κ3) is 2.17. The molecule has 2 fully saturated rings. The summed E-state index contributed by atoms with van der Waals surface area (Å²) in [6, 6.07) is 0.467. The Labute approximate surface area is 68.7 Å². The molecule has 0 aromatic heterocycles. The van der Waals surface area contributed by atoms with Crippen molar-refractivity contribution in [3.05, 3.63) is 0 Å². The van der Waals surface area contributed by atoms with Crippen LogP contribution in [0.15, 0.2) is 0 Å². The van der Waals surface area contributed by atoms with Crippen molar-refractivity contribution in [3.8, 4) is 0 Å². The molecule has 2 aliphatic rings. The highest BCUT2D eigenvalue weighted by atomic mass is 15.2. The van der Waals surface area contributed by atoms with Gasteiger partial charge < -0.3 is 10.6 Å². The Morgan fingerprint density at radius 3 is 2.64 bits per heavy atom. The van der Waals surface area contributed by atoms with Crippen LogP contribution in [0.3, 0.4) is 0 Å². The predicted molar refractivity (Wildman–Crippen MR) is 46.4 cm³/mol. The molecule has 2 rings (SSSR count). The summed E-state index contributed by atoms with van der Waals surface area (Å²) in [6.07, 6.45) is 5.61. The van der Waals surface area contributed by atoms with Gasteiger partial charge in [-0.3, -0.25) is 0 Å². The van der Waals surface area contributed by atoms with E-state index in [1.807, 2.05) is 0 Å². The zero-order valence-electron chi connectivity index (χ0n) is 7.13. The molecule has 11 heavy (non-hydrogen) atoms. The number of hydrogen-bond donors (Lipinski definition) is 1. The van der Waals surface area contributed by atoms with Crippen molar-refractivity contribution in [1.82, 2.24) is 4.90 Å². The lowest BCUT2D eigenvalue weighted by atomic mass is 10.3. The molecule has 1 saturated carbocycles. The summed E-state index contributed by atoms with van der Waals surface area (Å²) in [7, 11) is 0. The molecule has 2 nitrogen and oxygen atoms in total. The highest BCUT2D eigenvalue weighted by molar-refractivity contribution is 4.80. The molecular formula is C9H18N2. The Hall–Kier alpha value is -0.0800. The second kappa shape index (κ2) is 3.11.